The fraction of sp³-hybridized carbons (Fsp3) is 0.591. The Kier molecular flexibility index (Phi) is 4.77. The van der Waals surface area contributed by atoms with E-state index in [0.717, 1.165) is 68.1 Å². The number of piperidine rings is 2. The van der Waals surface area contributed by atoms with Gasteiger partial charge in [-0.25, -0.2) is 4.98 Å². The Bertz CT molecular complexity index is 880. The highest BCUT2D eigenvalue weighted by molar-refractivity contribution is 5.54. The van der Waals surface area contributed by atoms with Crippen LogP contribution in [-0.2, 0) is 11.8 Å². The van der Waals surface area contributed by atoms with Gasteiger partial charge in [0.15, 0.2) is 0 Å². The number of fused-ring (bicyclic) bond motifs is 2. The molecular weight excluding hydrogens is 350 g/mol. The van der Waals surface area contributed by atoms with Crippen molar-refractivity contribution in [2.45, 2.75) is 43.9 Å². The number of nitrogens with one attached hydrogen (secondary N) is 2. The molecule has 5 rings (SSSR count). The zero-order valence-electron chi connectivity index (χ0n) is 16.4. The first kappa shape index (κ1) is 18.0. The van der Waals surface area contributed by atoms with E-state index in [-0.39, 0.29) is 11.0 Å². The molecule has 2 fully saturated rings. The maximum atomic E-state index is 12.7. The lowest BCUT2D eigenvalue weighted by atomic mass is 9.76. The van der Waals surface area contributed by atoms with Gasteiger partial charge in [-0.1, -0.05) is 0 Å². The maximum Gasteiger partial charge on any atom is 0.254 e. The lowest BCUT2D eigenvalue weighted by Gasteiger charge is -2.41. The zero-order chi connectivity index (χ0) is 19.0. The van der Waals surface area contributed by atoms with Gasteiger partial charge in [0.25, 0.3) is 5.56 Å². The molecule has 1 spiro atoms. The Balaban J connectivity index is 1.36. The van der Waals surface area contributed by atoms with E-state index in [9.17, 15) is 4.79 Å². The Morgan fingerprint density at radius 2 is 2.14 bits per heavy atom. The van der Waals surface area contributed by atoms with Crippen LogP contribution >= 0.6 is 0 Å². The van der Waals surface area contributed by atoms with Gasteiger partial charge >= 0.3 is 0 Å². The Hall–Kier alpha value is -2.05. The van der Waals surface area contributed by atoms with Gasteiger partial charge in [-0.15, -0.1) is 0 Å². The largest absolute Gasteiger partial charge is 0.316 e. The molecule has 2 aliphatic heterocycles. The summed E-state index contributed by atoms with van der Waals surface area (Å²) < 4.78 is 0. The molecule has 0 amide bonds. The van der Waals surface area contributed by atoms with Crippen molar-refractivity contribution >= 4 is 0 Å². The second-order valence-corrected chi connectivity index (χ2v) is 8.78. The summed E-state index contributed by atoms with van der Waals surface area (Å²) in [6, 6.07) is 3.84. The molecular formula is C22H29N5O. The van der Waals surface area contributed by atoms with Crippen molar-refractivity contribution in [3.8, 4) is 11.4 Å². The molecule has 0 aromatic carbocycles. The molecule has 2 N–H and O–H groups in total. The summed E-state index contributed by atoms with van der Waals surface area (Å²) in [6.07, 6.45) is 10.3. The molecule has 28 heavy (non-hydrogen) atoms. The van der Waals surface area contributed by atoms with Crippen LogP contribution in [0.3, 0.4) is 0 Å². The van der Waals surface area contributed by atoms with Crippen LogP contribution in [0.2, 0.25) is 0 Å². The van der Waals surface area contributed by atoms with E-state index >= 15 is 0 Å². The van der Waals surface area contributed by atoms with Gasteiger partial charge < -0.3 is 15.2 Å². The van der Waals surface area contributed by atoms with E-state index in [0.29, 0.717) is 5.82 Å². The van der Waals surface area contributed by atoms with Gasteiger partial charge in [0.05, 0.1) is 5.69 Å². The van der Waals surface area contributed by atoms with Gasteiger partial charge in [-0.05, 0) is 82.8 Å². The van der Waals surface area contributed by atoms with Crippen molar-refractivity contribution in [1.82, 2.24) is 25.2 Å². The minimum Gasteiger partial charge on any atom is -0.316 e. The SMILES string of the molecule is O=c1[nH]c(-c2cccnc2)nc2c1CCC21CCN(CC2CCCNC2)CC1. The summed E-state index contributed by atoms with van der Waals surface area (Å²) in [5.74, 6) is 1.45. The molecule has 1 aliphatic carbocycles. The van der Waals surface area contributed by atoms with Crippen molar-refractivity contribution in [1.29, 1.82) is 0 Å². The van der Waals surface area contributed by atoms with Crippen molar-refractivity contribution in [2.75, 3.05) is 32.7 Å². The number of H-pyrrole nitrogens is 1. The summed E-state index contributed by atoms with van der Waals surface area (Å²) in [5, 5.41) is 3.53. The van der Waals surface area contributed by atoms with Crippen molar-refractivity contribution in [2.24, 2.45) is 5.92 Å². The third-order valence-corrected chi connectivity index (χ3v) is 7.03. The predicted molar refractivity (Wildman–Crippen MR) is 109 cm³/mol. The van der Waals surface area contributed by atoms with Crippen LogP contribution in [0.15, 0.2) is 29.3 Å². The predicted octanol–water partition coefficient (Wildman–Crippen LogP) is 2.11. The number of pyridine rings is 1. The molecule has 3 aliphatic rings. The van der Waals surface area contributed by atoms with Crippen LogP contribution in [0.1, 0.15) is 43.4 Å². The molecule has 148 valence electrons. The molecule has 6 nitrogen and oxygen atoms in total. The minimum atomic E-state index is 0.0384. The smallest absolute Gasteiger partial charge is 0.254 e. The average molecular weight is 380 g/mol. The number of nitrogens with zero attached hydrogens (tertiary/aromatic N) is 3. The molecule has 6 heteroatoms. The molecule has 0 saturated carbocycles. The van der Waals surface area contributed by atoms with E-state index in [1.807, 2.05) is 12.1 Å². The van der Waals surface area contributed by atoms with E-state index in [4.69, 9.17) is 4.98 Å². The van der Waals surface area contributed by atoms with Gasteiger partial charge in [-0.3, -0.25) is 9.78 Å². The lowest BCUT2D eigenvalue weighted by molar-refractivity contribution is 0.130. The first-order chi connectivity index (χ1) is 13.7. The summed E-state index contributed by atoms with van der Waals surface area (Å²) in [4.78, 5) is 27.5. The van der Waals surface area contributed by atoms with Crippen LogP contribution in [0.25, 0.3) is 11.4 Å². The fourth-order valence-corrected chi connectivity index (χ4v) is 5.39. The van der Waals surface area contributed by atoms with E-state index in [1.54, 1.807) is 12.4 Å². The number of aromatic amines is 1. The third-order valence-electron chi connectivity index (χ3n) is 7.03. The number of hydrogen-bond donors (Lipinski definition) is 2. The molecule has 1 atom stereocenters. The standard InChI is InChI=1S/C22H29N5O/c28-21-18-5-6-22(19(18)25-20(26-21)17-4-2-10-24-14-17)7-11-27(12-8-22)15-16-3-1-9-23-13-16/h2,4,10,14,16,23H,1,3,5-9,11-13,15H2,(H,25,26,28). The highest BCUT2D eigenvalue weighted by atomic mass is 16.1. The first-order valence-electron chi connectivity index (χ1n) is 10.7. The summed E-state index contributed by atoms with van der Waals surface area (Å²) in [5.41, 5.74) is 2.98. The van der Waals surface area contributed by atoms with E-state index < -0.39 is 0 Å². The molecule has 0 radical (unpaired) electrons. The van der Waals surface area contributed by atoms with Crippen LogP contribution in [0, 0.1) is 5.92 Å². The minimum absolute atomic E-state index is 0.0384. The number of hydrogen-bond acceptors (Lipinski definition) is 5. The molecule has 2 saturated heterocycles. The lowest BCUT2D eigenvalue weighted by Crippen LogP contribution is -2.46. The van der Waals surface area contributed by atoms with E-state index in [1.165, 1.54) is 25.9 Å². The number of likely N-dealkylation sites (tertiary alicyclic amines) is 1. The second-order valence-electron chi connectivity index (χ2n) is 8.78. The third kappa shape index (κ3) is 3.29. The Labute approximate surface area is 165 Å². The topological polar surface area (TPSA) is 73.9 Å². The van der Waals surface area contributed by atoms with Gasteiger partial charge in [0, 0.05) is 35.5 Å². The second kappa shape index (κ2) is 7.41. The van der Waals surface area contributed by atoms with Gasteiger partial charge in [0.2, 0.25) is 0 Å². The van der Waals surface area contributed by atoms with Crippen LogP contribution in [0.5, 0.6) is 0 Å². The summed E-state index contributed by atoms with van der Waals surface area (Å²) in [7, 11) is 0. The van der Waals surface area contributed by atoms with Crippen molar-refractivity contribution < 1.29 is 0 Å². The zero-order valence-corrected chi connectivity index (χ0v) is 16.4. The van der Waals surface area contributed by atoms with Crippen molar-refractivity contribution in [3.05, 3.63) is 46.1 Å². The Morgan fingerprint density at radius 1 is 1.25 bits per heavy atom. The maximum absolute atomic E-state index is 12.7. The van der Waals surface area contributed by atoms with Crippen LogP contribution in [-0.4, -0.2) is 52.6 Å². The van der Waals surface area contributed by atoms with Crippen LogP contribution < -0.4 is 10.9 Å². The average Bonchev–Trinajstić information content (AvgIpc) is 3.10. The summed E-state index contributed by atoms with van der Waals surface area (Å²) in [6.45, 7) is 5.78. The number of aromatic nitrogens is 3. The van der Waals surface area contributed by atoms with E-state index in [2.05, 4.69) is 20.2 Å². The Morgan fingerprint density at radius 3 is 2.89 bits per heavy atom. The normalized spacial score (nSPS) is 24.4. The molecule has 2 aromatic rings. The highest BCUT2D eigenvalue weighted by Gasteiger charge is 2.44. The van der Waals surface area contributed by atoms with Gasteiger partial charge in [-0.2, -0.15) is 0 Å². The monoisotopic (exact) mass is 379 g/mol. The number of rotatable bonds is 3. The van der Waals surface area contributed by atoms with Crippen molar-refractivity contribution in [3.63, 3.8) is 0 Å². The van der Waals surface area contributed by atoms with Crippen LogP contribution in [0.4, 0.5) is 0 Å². The molecule has 1 unspecified atom stereocenters. The first-order valence-corrected chi connectivity index (χ1v) is 10.7. The molecule has 0 bridgehead atoms. The highest BCUT2D eigenvalue weighted by Crippen LogP contribution is 2.44. The molecule has 4 heterocycles. The quantitative estimate of drug-likeness (QED) is 0.854. The molecule has 2 aromatic heterocycles. The summed E-state index contributed by atoms with van der Waals surface area (Å²) >= 11 is 0. The van der Waals surface area contributed by atoms with Gasteiger partial charge in [0.1, 0.15) is 5.82 Å². The fourth-order valence-electron chi connectivity index (χ4n) is 5.39.